The smallest absolute Gasteiger partial charge is 0.348 e. The largest absolute Gasteiger partial charge is 0.466 e. The van der Waals surface area contributed by atoms with Crippen molar-refractivity contribution < 1.29 is 14.1 Å². The van der Waals surface area contributed by atoms with Gasteiger partial charge in [0.2, 0.25) is 0 Å². The van der Waals surface area contributed by atoms with Crippen LogP contribution in [0.25, 0.3) is 22.4 Å². The molecule has 0 unspecified atom stereocenters. The lowest BCUT2D eigenvalue weighted by Gasteiger charge is -2.02. The Morgan fingerprint density at radius 3 is 2.48 bits per heavy atom. The van der Waals surface area contributed by atoms with Crippen molar-refractivity contribution in [2.24, 2.45) is 7.05 Å². The molecule has 0 N–H and O–H groups in total. The van der Waals surface area contributed by atoms with Crippen molar-refractivity contribution in [3.63, 3.8) is 0 Å². The zero-order chi connectivity index (χ0) is 14.8. The number of hydrogen-bond donors (Lipinski definition) is 0. The Balaban J connectivity index is 2.29. The van der Waals surface area contributed by atoms with E-state index in [0.29, 0.717) is 0 Å². The molecule has 0 radical (unpaired) electrons. The maximum absolute atomic E-state index is 11.8. The highest BCUT2D eigenvalue weighted by molar-refractivity contribution is 5.79. The van der Waals surface area contributed by atoms with E-state index in [1.54, 1.807) is 0 Å². The minimum atomic E-state index is -0.256. The molecule has 4 nitrogen and oxygen atoms in total. The van der Waals surface area contributed by atoms with E-state index in [1.807, 2.05) is 60.1 Å². The summed E-state index contributed by atoms with van der Waals surface area (Å²) < 4.78 is 8.94. The first-order valence-corrected chi connectivity index (χ1v) is 6.82. The number of carbonyl (C=O) groups excluding carboxylic acids is 1. The standard InChI is InChI=1S/C17H17N2O2/c1-18-14-10-6-7-11-15(14)19(12-16(20)21-2)17(18)13-8-4-3-5-9-13/h3-11H,12H2,1-2H3/q+1. The van der Waals surface area contributed by atoms with Gasteiger partial charge >= 0.3 is 5.97 Å². The molecule has 0 aliphatic rings. The van der Waals surface area contributed by atoms with Gasteiger partial charge in [-0.3, -0.25) is 0 Å². The Kier molecular flexibility index (Phi) is 3.44. The molecule has 0 aliphatic carbocycles. The highest BCUT2D eigenvalue weighted by atomic mass is 16.5. The first kappa shape index (κ1) is 13.4. The average Bonchev–Trinajstić information content (AvgIpc) is 2.81. The summed E-state index contributed by atoms with van der Waals surface area (Å²) in [5.74, 6) is 0.732. The summed E-state index contributed by atoms with van der Waals surface area (Å²) in [6.07, 6.45) is 0. The molecule has 3 aromatic rings. The highest BCUT2D eigenvalue weighted by Gasteiger charge is 2.25. The zero-order valence-electron chi connectivity index (χ0n) is 12.1. The number of fused-ring (bicyclic) bond motifs is 1. The predicted molar refractivity (Wildman–Crippen MR) is 80.6 cm³/mol. The van der Waals surface area contributed by atoms with Crippen LogP contribution in [0.3, 0.4) is 0 Å². The van der Waals surface area contributed by atoms with Crippen LogP contribution in [0.15, 0.2) is 54.6 Å². The molecule has 0 fully saturated rings. The Hall–Kier alpha value is -2.62. The van der Waals surface area contributed by atoms with Gasteiger partial charge in [-0.25, -0.2) is 13.9 Å². The van der Waals surface area contributed by atoms with E-state index in [-0.39, 0.29) is 12.5 Å². The quantitative estimate of drug-likeness (QED) is 0.545. The second-order valence-electron chi connectivity index (χ2n) is 4.90. The van der Waals surface area contributed by atoms with Gasteiger partial charge in [0, 0.05) is 0 Å². The highest BCUT2D eigenvalue weighted by Crippen LogP contribution is 2.22. The molecule has 0 spiro atoms. The molecule has 0 atom stereocenters. The fourth-order valence-corrected chi connectivity index (χ4v) is 2.68. The molecule has 1 heterocycles. The molecule has 4 heteroatoms. The summed E-state index contributed by atoms with van der Waals surface area (Å²) in [7, 11) is 3.43. The number of methoxy groups -OCH3 is 1. The van der Waals surface area contributed by atoms with Gasteiger partial charge in [-0.15, -0.1) is 0 Å². The fourth-order valence-electron chi connectivity index (χ4n) is 2.68. The van der Waals surface area contributed by atoms with Crippen molar-refractivity contribution in [3.8, 4) is 11.4 Å². The van der Waals surface area contributed by atoms with Gasteiger partial charge in [0.25, 0.3) is 5.82 Å². The van der Waals surface area contributed by atoms with E-state index < -0.39 is 0 Å². The van der Waals surface area contributed by atoms with Crippen molar-refractivity contribution in [2.45, 2.75) is 6.54 Å². The summed E-state index contributed by atoms with van der Waals surface area (Å²) in [5, 5.41) is 0. The van der Waals surface area contributed by atoms with Crippen molar-refractivity contribution in [1.29, 1.82) is 0 Å². The Bertz CT molecular complexity index is 791. The third-order valence-electron chi connectivity index (χ3n) is 3.65. The van der Waals surface area contributed by atoms with Gasteiger partial charge in [-0.05, 0) is 24.3 Å². The minimum absolute atomic E-state index is 0.197. The minimum Gasteiger partial charge on any atom is -0.466 e. The maximum atomic E-state index is 11.8. The van der Waals surface area contributed by atoms with Crippen molar-refractivity contribution in [2.75, 3.05) is 7.11 Å². The van der Waals surface area contributed by atoms with Gasteiger partial charge < -0.3 is 4.74 Å². The fraction of sp³-hybridized carbons (Fsp3) is 0.176. The molecule has 0 saturated heterocycles. The number of esters is 1. The number of hydrogen-bond acceptors (Lipinski definition) is 2. The SMILES string of the molecule is COC(=O)Cn1c(-c2ccccc2)[n+](C)c2ccccc21. The number of para-hydroxylation sites is 2. The van der Waals surface area contributed by atoms with E-state index >= 15 is 0 Å². The third kappa shape index (κ3) is 2.29. The predicted octanol–water partition coefficient (Wildman–Crippen LogP) is 2.31. The molecule has 3 rings (SSSR count). The number of aromatic nitrogens is 2. The normalized spacial score (nSPS) is 10.8. The monoisotopic (exact) mass is 281 g/mol. The number of aryl methyl sites for hydroxylation is 1. The van der Waals surface area contributed by atoms with Gasteiger partial charge in [-0.1, -0.05) is 30.3 Å². The zero-order valence-corrected chi connectivity index (χ0v) is 12.1. The molecule has 0 saturated carbocycles. The van der Waals surface area contributed by atoms with Crippen LogP contribution in [0.4, 0.5) is 0 Å². The molecule has 106 valence electrons. The topological polar surface area (TPSA) is 35.1 Å². The van der Waals surface area contributed by atoms with Gasteiger partial charge in [-0.2, -0.15) is 0 Å². The third-order valence-corrected chi connectivity index (χ3v) is 3.65. The van der Waals surface area contributed by atoms with E-state index in [0.717, 1.165) is 22.4 Å². The lowest BCUT2D eigenvalue weighted by atomic mass is 10.2. The number of benzene rings is 2. The van der Waals surface area contributed by atoms with Crippen LogP contribution in [0.1, 0.15) is 0 Å². The van der Waals surface area contributed by atoms with Crippen LogP contribution >= 0.6 is 0 Å². The summed E-state index contributed by atoms with van der Waals surface area (Å²) in [5.41, 5.74) is 3.17. The van der Waals surface area contributed by atoms with Crippen molar-refractivity contribution >= 4 is 17.0 Å². The van der Waals surface area contributed by atoms with Crippen LogP contribution in [-0.4, -0.2) is 17.6 Å². The molecular weight excluding hydrogens is 264 g/mol. The van der Waals surface area contributed by atoms with Crippen LogP contribution in [0.5, 0.6) is 0 Å². The van der Waals surface area contributed by atoms with Crippen molar-refractivity contribution in [1.82, 2.24) is 4.57 Å². The Morgan fingerprint density at radius 2 is 1.76 bits per heavy atom. The summed E-state index contributed by atoms with van der Waals surface area (Å²) in [6, 6.07) is 18.1. The van der Waals surface area contributed by atoms with E-state index in [9.17, 15) is 4.79 Å². The Morgan fingerprint density at radius 1 is 1.10 bits per heavy atom. The first-order valence-electron chi connectivity index (χ1n) is 6.82. The summed E-state index contributed by atoms with van der Waals surface area (Å²) >= 11 is 0. The number of carbonyl (C=O) groups is 1. The molecule has 21 heavy (non-hydrogen) atoms. The Labute approximate surface area is 123 Å². The second-order valence-corrected chi connectivity index (χ2v) is 4.90. The van der Waals surface area contributed by atoms with E-state index in [4.69, 9.17) is 4.74 Å². The number of imidazole rings is 1. The molecule has 0 aliphatic heterocycles. The van der Waals surface area contributed by atoms with Crippen LogP contribution < -0.4 is 4.57 Å². The van der Waals surface area contributed by atoms with Gasteiger partial charge in [0.05, 0.1) is 19.7 Å². The number of ether oxygens (including phenoxy) is 1. The number of nitrogens with zero attached hydrogens (tertiary/aromatic N) is 2. The molecule has 0 amide bonds. The molecule has 2 aromatic carbocycles. The number of rotatable bonds is 3. The first-order chi connectivity index (χ1) is 10.2. The van der Waals surface area contributed by atoms with Crippen LogP contribution in [0, 0.1) is 0 Å². The van der Waals surface area contributed by atoms with E-state index in [1.165, 1.54) is 7.11 Å². The summed E-state index contributed by atoms with van der Waals surface area (Å²) in [6.45, 7) is 0.197. The van der Waals surface area contributed by atoms with Gasteiger partial charge in [0.1, 0.15) is 0 Å². The second kappa shape index (κ2) is 5.40. The molecule has 0 bridgehead atoms. The molecular formula is C17H17N2O2+. The lowest BCUT2D eigenvalue weighted by Crippen LogP contribution is -2.30. The van der Waals surface area contributed by atoms with Gasteiger partial charge in [0.15, 0.2) is 17.6 Å². The van der Waals surface area contributed by atoms with Crippen LogP contribution in [-0.2, 0) is 23.1 Å². The van der Waals surface area contributed by atoms with Crippen molar-refractivity contribution in [3.05, 3.63) is 54.6 Å². The van der Waals surface area contributed by atoms with Crippen LogP contribution in [0.2, 0.25) is 0 Å². The van der Waals surface area contributed by atoms with E-state index in [2.05, 4.69) is 10.6 Å². The maximum Gasteiger partial charge on any atom is 0.348 e. The summed E-state index contributed by atoms with van der Waals surface area (Å²) in [4.78, 5) is 11.8. The lowest BCUT2D eigenvalue weighted by molar-refractivity contribution is -0.634. The average molecular weight is 281 g/mol. The molecule has 1 aromatic heterocycles.